The molecule has 1 aromatic rings. The van der Waals surface area contributed by atoms with Crippen molar-refractivity contribution in [2.75, 3.05) is 6.54 Å². The second-order valence-corrected chi connectivity index (χ2v) is 5.10. The van der Waals surface area contributed by atoms with Crippen LogP contribution in [0.3, 0.4) is 0 Å². The van der Waals surface area contributed by atoms with Crippen LogP contribution in [-0.2, 0) is 6.54 Å². The standard InChI is InChI=1S/C12H15Cl2N/c1-8-5-10(8)7-15-6-9-3-2-4-11(13)12(9)14/h2-4,8,10,15H,5-7H2,1H3. The minimum absolute atomic E-state index is 0.635. The van der Waals surface area contributed by atoms with Crippen LogP contribution in [0, 0.1) is 11.8 Å². The number of benzene rings is 1. The van der Waals surface area contributed by atoms with E-state index in [4.69, 9.17) is 23.2 Å². The minimum atomic E-state index is 0.635. The summed E-state index contributed by atoms with van der Waals surface area (Å²) in [5.41, 5.74) is 1.08. The fourth-order valence-electron chi connectivity index (χ4n) is 1.76. The number of hydrogen-bond acceptors (Lipinski definition) is 1. The van der Waals surface area contributed by atoms with Crippen LogP contribution in [0.2, 0.25) is 10.0 Å². The van der Waals surface area contributed by atoms with Gasteiger partial charge in [-0.25, -0.2) is 0 Å². The molecule has 1 aliphatic rings. The molecule has 0 radical (unpaired) electrons. The Balaban J connectivity index is 1.85. The molecule has 1 aromatic carbocycles. The molecule has 1 saturated carbocycles. The highest BCUT2D eigenvalue weighted by Gasteiger charge is 2.31. The van der Waals surface area contributed by atoms with E-state index in [9.17, 15) is 0 Å². The molecule has 1 N–H and O–H groups in total. The van der Waals surface area contributed by atoms with Gasteiger partial charge in [0, 0.05) is 6.54 Å². The Morgan fingerprint density at radius 1 is 1.40 bits per heavy atom. The van der Waals surface area contributed by atoms with E-state index >= 15 is 0 Å². The van der Waals surface area contributed by atoms with Gasteiger partial charge in [0.2, 0.25) is 0 Å². The quantitative estimate of drug-likeness (QED) is 0.850. The van der Waals surface area contributed by atoms with Crippen LogP contribution in [0.5, 0.6) is 0 Å². The molecule has 2 unspecified atom stereocenters. The van der Waals surface area contributed by atoms with Crippen molar-refractivity contribution >= 4 is 23.2 Å². The van der Waals surface area contributed by atoms with E-state index in [0.717, 1.165) is 30.5 Å². The Morgan fingerprint density at radius 2 is 2.13 bits per heavy atom. The Labute approximate surface area is 101 Å². The van der Waals surface area contributed by atoms with Crippen molar-refractivity contribution in [3.8, 4) is 0 Å². The Bertz CT molecular complexity index is 351. The third-order valence-corrected chi connectivity index (χ3v) is 3.89. The SMILES string of the molecule is CC1CC1CNCc1cccc(Cl)c1Cl. The summed E-state index contributed by atoms with van der Waals surface area (Å²) in [5.74, 6) is 1.76. The monoisotopic (exact) mass is 243 g/mol. The van der Waals surface area contributed by atoms with Gasteiger partial charge < -0.3 is 5.32 Å². The van der Waals surface area contributed by atoms with Crippen molar-refractivity contribution in [3.05, 3.63) is 33.8 Å². The maximum Gasteiger partial charge on any atom is 0.0637 e. The molecule has 0 saturated heterocycles. The van der Waals surface area contributed by atoms with Crippen molar-refractivity contribution < 1.29 is 0 Å². The van der Waals surface area contributed by atoms with Gasteiger partial charge in [0.15, 0.2) is 0 Å². The molecule has 1 aliphatic carbocycles. The Kier molecular flexibility index (Phi) is 3.55. The van der Waals surface area contributed by atoms with Gasteiger partial charge in [-0.1, -0.05) is 42.3 Å². The third-order valence-electron chi connectivity index (χ3n) is 3.03. The molecular formula is C12H15Cl2N. The van der Waals surface area contributed by atoms with Crippen LogP contribution in [0.1, 0.15) is 18.9 Å². The van der Waals surface area contributed by atoms with Crippen molar-refractivity contribution in [1.82, 2.24) is 5.32 Å². The first kappa shape index (κ1) is 11.3. The van der Waals surface area contributed by atoms with Gasteiger partial charge in [0.05, 0.1) is 10.0 Å². The molecule has 0 aliphatic heterocycles. The summed E-state index contributed by atoms with van der Waals surface area (Å²) in [5, 5.41) is 4.73. The Morgan fingerprint density at radius 3 is 2.80 bits per heavy atom. The first-order valence-electron chi connectivity index (χ1n) is 5.32. The molecule has 0 heterocycles. The average Bonchev–Trinajstić information content (AvgIpc) is 2.89. The van der Waals surface area contributed by atoms with E-state index in [1.807, 2.05) is 18.2 Å². The summed E-state index contributed by atoms with van der Waals surface area (Å²) in [6.45, 7) is 4.19. The van der Waals surface area contributed by atoms with Gasteiger partial charge in [-0.2, -0.15) is 0 Å². The highest BCUT2D eigenvalue weighted by Crippen LogP contribution is 2.36. The molecule has 15 heavy (non-hydrogen) atoms. The lowest BCUT2D eigenvalue weighted by atomic mass is 10.2. The molecule has 2 atom stereocenters. The zero-order chi connectivity index (χ0) is 10.8. The lowest BCUT2D eigenvalue weighted by molar-refractivity contribution is 0.612. The second-order valence-electron chi connectivity index (χ2n) is 4.32. The average molecular weight is 244 g/mol. The summed E-state index contributed by atoms with van der Waals surface area (Å²) in [4.78, 5) is 0. The van der Waals surface area contributed by atoms with Gasteiger partial charge in [0.1, 0.15) is 0 Å². The second kappa shape index (κ2) is 4.73. The summed E-state index contributed by atoms with van der Waals surface area (Å²) in [6, 6.07) is 5.76. The zero-order valence-corrected chi connectivity index (χ0v) is 10.3. The van der Waals surface area contributed by atoms with Gasteiger partial charge >= 0.3 is 0 Å². The molecule has 2 rings (SSSR count). The molecule has 0 bridgehead atoms. The van der Waals surface area contributed by atoms with Crippen molar-refractivity contribution in [1.29, 1.82) is 0 Å². The highest BCUT2D eigenvalue weighted by molar-refractivity contribution is 6.42. The molecule has 82 valence electrons. The summed E-state index contributed by atoms with van der Waals surface area (Å²) in [7, 11) is 0. The van der Waals surface area contributed by atoms with Crippen molar-refractivity contribution in [2.45, 2.75) is 19.9 Å². The first-order chi connectivity index (χ1) is 7.18. The van der Waals surface area contributed by atoms with Crippen LogP contribution in [-0.4, -0.2) is 6.54 Å². The topological polar surface area (TPSA) is 12.0 Å². The maximum absolute atomic E-state index is 6.08. The van der Waals surface area contributed by atoms with Gasteiger partial charge in [-0.05, 0) is 36.4 Å². The van der Waals surface area contributed by atoms with E-state index in [1.54, 1.807) is 0 Å². The Hall–Kier alpha value is -0.240. The summed E-state index contributed by atoms with van der Waals surface area (Å²) >= 11 is 12.0. The molecular weight excluding hydrogens is 229 g/mol. The number of nitrogens with one attached hydrogen (secondary N) is 1. The summed E-state index contributed by atoms with van der Waals surface area (Å²) in [6.07, 6.45) is 1.36. The van der Waals surface area contributed by atoms with Crippen LogP contribution in [0.4, 0.5) is 0 Å². The van der Waals surface area contributed by atoms with Crippen molar-refractivity contribution in [3.63, 3.8) is 0 Å². The van der Waals surface area contributed by atoms with Crippen LogP contribution >= 0.6 is 23.2 Å². The minimum Gasteiger partial charge on any atom is -0.312 e. The molecule has 1 fully saturated rings. The fraction of sp³-hybridized carbons (Fsp3) is 0.500. The predicted octanol–water partition coefficient (Wildman–Crippen LogP) is 3.74. The largest absolute Gasteiger partial charge is 0.312 e. The van der Waals surface area contributed by atoms with Crippen LogP contribution < -0.4 is 5.32 Å². The lowest BCUT2D eigenvalue weighted by Gasteiger charge is -2.07. The first-order valence-corrected chi connectivity index (χ1v) is 6.07. The van der Waals surface area contributed by atoms with E-state index < -0.39 is 0 Å². The molecule has 0 aromatic heterocycles. The van der Waals surface area contributed by atoms with Crippen LogP contribution in [0.25, 0.3) is 0 Å². The molecule has 1 nitrogen and oxygen atoms in total. The number of hydrogen-bond donors (Lipinski definition) is 1. The van der Waals surface area contributed by atoms with E-state index in [2.05, 4.69) is 12.2 Å². The summed E-state index contributed by atoms with van der Waals surface area (Å²) < 4.78 is 0. The molecule has 3 heteroatoms. The smallest absolute Gasteiger partial charge is 0.0637 e. The van der Waals surface area contributed by atoms with E-state index in [0.29, 0.717) is 10.0 Å². The maximum atomic E-state index is 6.08. The molecule has 0 spiro atoms. The van der Waals surface area contributed by atoms with Crippen LogP contribution in [0.15, 0.2) is 18.2 Å². The number of halogens is 2. The lowest BCUT2D eigenvalue weighted by Crippen LogP contribution is -2.17. The van der Waals surface area contributed by atoms with Gasteiger partial charge in [0.25, 0.3) is 0 Å². The normalized spacial score (nSPS) is 24.2. The van der Waals surface area contributed by atoms with Gasteiger partial charge in [-0.15, -0.1) is 0 Å². The fourth-order valence-corrected chi connectivity index (χ4v) is 2.15. The molecule has 0 amide bonds. The zero-order valence-electron chi connectivity index (χ0n) is 8.76. The third kappa shape index (κ3) is 2.87. The van der Waals surface area contributed by atoms with E-state index in [-0.39, 0.29) is 0 Å². The van der Waals surface area contributed by atoms with Gasteiger partial charge in [-0.3, -0.25) is 0 Å². The van der Waals surface area contributed by atoms with E-state index in [1.165, 1.54) is 6.42 Å². The number of rotatable bonds is 4. The van der Waals surface area contributed by atoms with Crippen molar-refractivity contribution in [2.24, 2.45) is 11.8 Å². The predicted molar refractivity (Wildman–Crippen MR) is 65.4 cm³/mol. The highest BCUT2D eigenvalue weighted by atomic mass is 35.5.